The fraction of sp³-hybridized carbons (Fsp3) is 0.188. The second-order valence-corrected chi connectivity index (χ2v) is 5.93. The maximum absolute atomic E-state index is 11.9. The lowest BCUT2D eigenvalue weighted by molar-refractivity contribution is -0.384. The van der Waals surface area contributed by atoms with E-state index in [4.69, 9.17) is 9.47 Å². The zero-order valence-electron chi connectivity index (χ0n) is 12.1. The zero-order valence-corrected chi connectivity index (χ0v) is 13.6. The van der Waals surface area contributed by atoms with Crippen molar-refractivity contribution in [2.24, 2.45) is 0 Å². The molecule has 23 heavy (non-hydrogen) atoms. The number of ether oxygens (including phenoxy) is 2. The molecule has 1 heterocycles. The summed E-state index contributed by atoms with van der Waals surface area (Å²) in [7, 11) is 1.56. The number of methoxy groups -OCH3 is 1. The van der Waals surface area contributed by atoms with Gasteiger partial charge in [-0.1, -0.05) is 15.9 Å². The van der Waals surface area contributed by atoms with Crippen molar-refractivity contribution in [1.29, 1.82) is 0 Å². The number of halogens is 1. The Kier molecular flexibility index (Phi) is 4.04. The number of nitro groups is 1. The Morgan fingerprint density at radius 2 is 1.91 bits per heavy atom. The molecule has 118 valence electrons. The number of carbonyl (C=O) groups is 1. The lowest BCUT2D eigenvalue weighted by Crippen LogP contribution is -2.36. The Labute approximate surface area is 140 Å². The van der Waals surface area contributed by atoms with E-state index in [9.17, 15) is 14.9 Å². The Hall–Kier alpha value is -2.41. The molecule has 0 bridgehead atoms. The van der Waals surface area contributed by atoms with Crippen LogP contribution < -0.4 is 4.74 Å². The number of benzene rings is 2. The van der Waals surface area contributed by atoms with Crippen LogP contribution in [-0.2, 0) is 9.53 Å². The predicted octanol–water partition coefficient (Wildman–Crippen LogP) is 3.75. The summed E-state index contributed by atoms with van der Waals surface area (Å²) >= 11 is 3.44. The maximum Gasteiger partial charge on any atom is 0.318 e. The monoisotopic (exact) mass is 377 g/mol. The van der Waals surface area contributed by atoms with Crippen molar-refractivity contribution in [3.8, 4) is 5.75 Å². The van der Waals surface area contributed by atoms with E-state index in [0.29, 0.717) is 5.75 Å². The average molecular weight is 378 g/mol. The Morgan fingerprint density at radius 3 is 2.48 bits per heavy atom. The second-order valence-electron chi connectivity index (χ2n) is 5.07. The molecular weight excluding hydrogens is 366 g/mol. The zero-order chi connectivity index (χ0) is 16.6. The van der Waals surface area contributed by atoms with Gasteiger partial charge in [-0.2, -0.15) is 0 Å². The molecule has 0 unspecified atom stereocenters. The minimum Gasteiger partial charge on any atom is -0.497 e. The Morgan fingerprint density at radius 1 is 1.22 bits per heavy atom. The quantitative estimate of drug-likeness (QED) is 0.460. The fourth-order valence-electron chi connectivity index (χ4n) is 2.54. The number of esters is 1. The van der Waals surface area contributed by atoms with Gasteiger partial charge in [0.1, 0.15) is 17.8 Å². The minimum atomic E-state index is -0.471. The predicted molar refractivity (Wildman–Crippen MR) is 85.4 cm³/mol. The first-order chi connectivity index (χ1) is 11.0. The standard InChI is InChI=1S/C16H12BrNO5/c1-22-11-6-7-13(17)12(8-11)14-15(23-16(14)19)9-2-4-10(5-3-9)18(20)21/h2-8,14-15H,1H3/t14-,15+/m1/s1. The molecule has 2 aromatic carbocycles. The molecule has 0 amide bonds. The smallest absolute Gasteiger partial charge is 0.318 e. The summed E-state index contributed by atoms with van der Waals surface area (Å²) in [6.45, 7) is 0. The summed E-state index contributed by atoms with van der Waals surface area (Å²) < 4.78 is 11.2. The normalized spacial score (nSPS) is 19.7. The van der Waals surface area contributed by atoms with Gasteiger partial charge in [0.2, 0.25) is 0 Å². The minimum absolute atomic E-state index is 0.00138. The molecule has 6 nitrogen and oxygen atoms in total. The van der Waals surface area contributed by atoms with Crippen LogP contribution in [0.4, 0.5) is 5.69 Å². The van der Waals surface area contributed by atoms with Gasteiger partial charge in [-0.3, -0.25) is 14.9 Å². The summed E-state index contributed by atoms with van der Waals surface area (Å²) in [5, 5.41) is 10.7. The van der Waals surface area contributed by atoms with Gasteiger partial charge in [0.15, 0.2) is 0 Å². The van der Waals surface area contributed by atoms with Gasteiger partial charge in [0, 0.05) is 16.6 Å². The first kappa shape index (κ1) is 15.5. The van der Waals surface area contributed by atoms with Crippen molar-refractivity contribution in [2.45, 2.75) is 12.0 Å². The number of carbonyl (C=O) groups excluding carboxylic acids is 1. The third-order valence-electron chi connectivity index (χ3n) is 3.77. The molecule has 7 heteroatoms. The number of cyclic esters (lactones) is 1. The van der Waals surface area contributed by atoms with E-state index in [1.54, 1.807) is 31.4 Å². The van der Waals surface area contributed by atoms with Crippen LogP contribution in [0.2, 0.25) is 0 Å². The maximum atomic E-state index is 11.9. The number of nitrogens with zero attached hydrogens (tertiary/aromatic N) is 1. The van der Waals surface area contributed by atoms with Crippen LogP contribution in [0.15, 0.2) is 46.9 Å². The topological polar surface area (TPSA) is 78.7 Å². The third kappa shape index (κ3) is 2.79. The Bertz CT molecular complexity index is 775. The SMILES string of the molecule is COc1ccc(Br)c([C@H]2C(=O)O[C@H]2c2ccc([N+](=O)[O-])cc2)c1. The van der Waals surface area contributed by atoms with Gasteiger partial charge in [-0.15, -0.1) is 0 Å². The molecule has 0 N–H and O–H groups in total. The van der Waals surface area contributed by atoms with Crippen molar-refractivity contribution in [3.63, 3.8) is 0 Å². The van der Waals surface area contributed by atoms with Crippen LogP contribution in [0.3, 0.4) is 0 Å². The summed E-state index contributed by atoms with van der Waals surface area (Å²) in [6, 6.07) is 11.4. The van der Waals surface area contributed by atoms with Gasteiger partial charge in [0.25, 0.3) is 5.69 Å². The van der Waals surface area contributed by atoms with E-state index in [0.717, 1.165) is 15.6 Å². The summed E-state index contributed by atoms with van der Waals surface area (Å²) in [5.41, 5.74) is 1.48. The molecule has 2 atom stereocenters. The van der Waals surface area contributed by atoms with Crippen LogP contribution in [-0.4, -0.2) is 18.0 Å². The van der Waals surface area contributed by atoms with Crippen molar-refractivity contribution in [3.05, 3.63) is 68.2 Å². The lowest BCUT2D eigenvalue weighted by Gasteiger charge is -2.36. The molecule has 1 aliphatic rings. The molecule has 0 saturated carbocycles. The summed E-state index contributed by atoms with van der Waals surface area (Å²) in [4.78, 5) is 22.2. The molecule has 1 saturated heterocycles. The second kappa shape index (κ2) is 6.00. The average Bonchev–Trinajstić information content (AvgIpc) is 2.54. The first-order valence-corrected chi connectivity index (χ1v) is 7.59. The molecule has 0 radical (unpaired) electrons. The van der Waals surface area contributed by atoms with Gasteiger partial charge in [0.05, 0.1) is 12.0 Å². The van der Waals surface area contributed by atoms with Crippen molar-refractivity contribution < 1.29 is 19.2 Å². The van der Waals surface area contributed by atoms with E-state index < -0.39 is 16.9 Å². The van der Waals surface area contributed by atoms with Crippen molar-refractivity contribution >= 4 is 27.6 Å². The third-order valence-corrected chi connectivity index (χ3v) is 4.49. The molecule has 1 fully saturated rings. The highest BCUT2D eigenvalue weighted by Gasteiger charge is 2.45. The molecule has 0 aromatic heterocycles. The first-order valence-electron chi connectivity index (χ1n) is 6.79. The molecular formula is C16H12BrNO5. The molecule has 0 aliphatic carbocycles. The summed E-state index contributed by atoms with van der Waals surface area (Å²) in [6.07, 6.45) is -0.466. The van der Waals surface area contributed by atoms with Gasteiger partial charge in [-0.25, -0.2) is 0 Å². The van der Waals surface area contributed by atoms with Crippen LogP contribution in [0.5, 0.6) is 5.75 Å². The molecule has 2 aromatic rings. The Balaban J connectivity index is 1.93. The number of rotatable bonds is 4. The van der Waals surface area contributed by atoms with Crippen molar-refractivity contribution in [2.75, 3.05) is 7.11 Å². The molecule has 3 rings (SSSR count). The number of hydrogen-bond acceptors (Lipinski definition) is 5. The van der Waals surface area contributed by atoms with Gasteiger partial charge >= 0.3 is 5.97 Å². The largest absolute Gasteiger partial charge is 0.497 e. The fourth-order valence-corrected chi connectivity index (χ4v) is 3.03. The van der Waals surface area contributed by atoms with E-state index >= 15 is 0 Å². The molecule has 0 spiro atoms. The van der Waals surface area contributed by atoms with E-state index in [1.807, 2.05) is 6.07 Å². The van der Waals surface area contributed by atoms with Crippen molar-refractivity contribution in [1.82, 2.24) is 0 Å². The lowest BCUT2D eigenvalue weighted by atomic mass is 9.85. The number of nitro benzene ring substituents is 1. The summed E-state index contributed by atoms with van der Waals surface area (Å²) in [5.74, 6) is -0.159. The van der Waals surface area contributed by atoms with E-state index in [-0.39, 0.29) is 11.7 Å². The van der Waals surface area contributed by atoms with Crippen LogP contribution in [0.25, 0.3) is 0 Å². The van der Waals surface area contributed by atoms with Crippen LogP contribution in [0.1, 0.15) is 23.1 Å². The van der Waals surface area contributed by atoms with Crippen LogP contribution >= 0.6 is 15.9 Å². The van der Waals surface area contributed by atoms with E-state index in [2.05, 4.69) is 15.9 Å². The molecule has 1 aliphatic heterocycles. The number of hydrogen-bond donors (Lipinski definition) is 0. The van der Waals surface area contributed by atoms with E-state index in [1.165, 1.54) is 12.1 Å². The highest BCUT2D eigenvalue weighted by Crippen LogP contribution is 2.46. The highest BCUT2D eigenvalue weighted by atomic mass is 79.9. The van der Waals surface area contributed by atoms with Gasteiger partial charge in [-0.05, 0) is 41.5 Å². The highest BCUT2D eigenvalue weighted by molar-refractivity contribution is 9.10. The van der Waals surface area contributed by atoms with Gasteiger partial charge < -0.3 is 9.47 Å². The van der Waals surface area contributed by atoms with Crippen LogP contribution in [0, 0.1) is 10.1 Å². The number of non-ortho nitro benzene ring substituents is 1.